The average molecular weight is 637 g/mol. The maximum absolute atomic E-state index is 12.7. The number of ether oxygens (including phenoxy) is 1. The van der Waals surface area contributed by atoms with Gasteiger partial charge in [0.25, 0.3) is 0 Å². The van der Waals surface area contributed by atoms with Crippen molar-refractivity contribution in [3.63, 3.8) is 0 Å². The molecule has 1 aliphatic rings. The highest BCUT2D eigenvalue weighted by Crippen LogP contribution is 2.31. The summed E-state index contributed by atoms with van der Waals surface area (Å²) >= 11 is 1.61. The number of rotatable bonds is 10. The van der Waals surface area contributed by atoms with E-state index in [1.54, 1.807) is 11.8 Å². The van der Waals surface area contributed by atoms with Crippen molar-refractivity contribution in [2.75, 3.05) is 23.7 Å². The summed E-state index contributed by atoms with van der Waals surface area (Å²) in [6.07, 6.45) is -0.461. The van der Waals surface area contributed by atoms with E-state index in [2.05, 4.69) is 69.0 Å². The van der Waals surface area contributed by atoms with Crippen LogP contribution in [0.4, 0.5) is 23.7 Å². The molecule has 2 amide bonds. The number of amidine groups is 1. The molecule has 1 fully saturated rings. The van der Waals surface area contributed by atoms with Crippen LogP contribution in [0.5, 0.6) is 5.75 Å². The lowest BCUT2D eigenvalue weighted by atomic mass is 9.96. The minimum Gasteiger partial charge on any atom is -0.406 e. The number of aliphatic imine (C=N–C) groups is 1. The first kappa shape index (κ1) is 32.1. The number of nitrogens with zero attached hydrogens (tertiary/aromatic N) is 5. The van der Waals surface area contributed by atoms with Gasteiger partial charge in [0.05, 0.1) is 5.69 Å². The molecule has 12 heteroatoms. The van der Waals surface area contributed by atoms with Gasteiger partial charge >= 0.3 is 12.4 Å². The largest absolute Gasteiger partial charge is 0.573 e. The lowest BCUT2D eigenvalue weighted by molar-refractivity contribution is -0.274. The maximum atomic E-state index is 12.7. The summed E-state index contributed by atoms with van der Waals surface area (Å²) in [6, 6.07) is 19.4. The van der Waals surface area contributed by atoms with Crippen LogP contribution < -0.4 is 15.0 Å². The number of thioether (sulfide) groups is 1. The molecule has 8 nitrogen and oxygen atoms in total. The predicted octanol–water partition coefficient (Wildman–Crippen LogP) is 7.91. The summed E-state index contributed by atoms with van der Waals surface area (Å²) in [4.78, 5) is 23.7. The highest BCUT2D eigenvalue weighted by molar-refractivity contribution is 8.14. The van der Waals surface area contributed by atoms with Crippen molar-refractivity contribution in [2.45, 2.75) is 52.3 Å². The Hall–Kier alpha value is -4.32. The van der Waals surface area contributed by atoms with E-state index in [4.69, 9.17) is 0 Å². The number of carbonyl (C=O) groups excluding carboxylic acids is 1. The minimum absolute atomic E-state index is 0.191. The van der Waals surface area contributed by atoms with Gasteiger partial charge < -0.3 is 15.0 Å². The summed E-state index contributed by atoms with van der Waals surface area (Å²) in [6.45, 7) is 7.67. The van der Waals surface area contributed by atoms with Crippen molar-refractivity contribution in [1.82, 2.24) is 20.1 Å². The van der Waals surface area contributed by atoms with Crippen molar-refractivity contribution in [3.8, 4) is 22.8 Å². The number of aryl methyl sites for hydroxylation is 2. The molecule has 3 aromatic carbocycles. The zero-order chi connectivity index (χ0) is 32.0. The molecule has 45 heavy (non-hydrogen) atoms. The van der Waals surface area contributed by atoms with Gasteiger partial charge in [-0.25, -0.2) is 14.5 Å². The molecule has 1 atom stereocenters. The van der Waals surface area contributed by atoms with Gasteiger partial charge in [-0.3, -0.25) is 0 Å². The second kappa shape index (κ2) is 14.2. The number of hydrogen-bond acceptors (Lipinski definition) is 5. The van der Waals surface area contributed by atoms with E-state index in [-0.39, 0.29) is 17.7 Å². The quantitative estimate of drug-likeness (QED) is 0.191. The molecular formula is C33H35F3N6O2S. The number of benzene rings is 3. The molecule has 0 radical (unpaired) electrons. The summed E-state index contributed by atoms with van der Waals surface area (Å²) in [5.41, 5.74) is 6.07. The molecule has 1 aromatic heterocycles. The van der Waals surface area contributed by atoms with E-state index in [9.17, 15) is 18.0 Å². The first-order valence-electron chi connectivity index (χ1n) is 14.8. The molecular weight excluding hydrogens is 601 g/mol. The normalized spacial score (nSPS) is 15.0. The topological polar surface area (TPSA) is 84.6 Å². The summed E-state index contributed by atoms with van der Waals surface area (Å²) in [5, 5.41) is 8.15. The third-order valence-corrected chi connectivity index (χ3v) is 8.40. The fourth-order valence-electron chi connectivity index (χ4n) is 5.09. The van der Waals surface area contributed by atoms with E-state index in [0.717, 1.165) is 53.5 Å². The van der Waals surface area contributed by atoms with Crippen molar-refractivity contribution < 1.29 is 22.7 Å². The van der Waals surface area contributed by atoms with Gasteiger partial charge in [-0.2, -0.15) is 4.99 Å². The Morgan fingerprint density at radius 2 is 1.87 bits per heavy atom. The lowest BCUT2D eigenvalue weighted by Crippen LogP contribution is -2.29. The number of aromatic nitrogens is 3. The molecule has 1 aliphatic heterocycles. The smallest absolute Gasteiger partial charge is 0.406 e. The van der Waals surface area contributed by atoms with Crippen molar-refractivity contribution >= 4 is 28.6 Å². The zero-order valence-electron chi connectivity index (χ0n) is 25.3. The van der Waals surface area contributed by atoms with Crippen LogP contribution in [0.2, 0.25) is 0 Å². The molecule has 0 bridgehead atoms. The highest BCUT2D eigenvalue weighted by atomic mass is 32.2. The Balaban J connectivity index is 1.14. The number of nitrogens with one attached hydrogen (secondary N) is 1. The van der Waals surface area contributed by atoms with E-state index in [0.29, 0.717) is 18.1 Å². The molecule has 5 rings (SSSR count). The molecule has 2 heterocycles. The summed E-state index contributed by atoms with van der Waals surface area (Å²) < 4.78 is 42.7. The summed E-state index contributed by atoms with van der Waals surface area (Å²) in [5.74, 6) is 1.27. The number of amides is 2. The standard InChI is InChI=1S/C33H35F3N6O2S/c1-4-5-25-7-6-22(2)20-29(25)41-18-19-45-32(41)39-31(43)37-17-16-23(3)24-8-10-26(11-9-24)30-38-21-42(40-30)27-12-14-28(15-13-27)44-33(34,35)36/h6-15,20-21,23H,4-5,16-19H2,1-3H3,(H,37,43)/b39-32-. The number of halogens is 3. The molecule has 0 spiro atoms. The lowest BCUT2D eigenvalue weighted by Gasteiger charge is -2.22. The first-order chi connectivity index (χ1) is 21.6. The van der Waals surface area contributed by atoms with Crippen LogP contribution in [0.25, 0.3) is 17.1 Å². The van der Waals surface area contributed by atoms with Crippen molar-refractivity contribution in [1.29, 1.82) is 0 Å². The first-order valence-corrected chi connectivity index (χ1v) is 15.8. The van der Waals surface area contributed by atoms with Crippen LogP contribution in [0.15, 0.2) is 78.0 Å². The fraction of sp³-hybridized carbons (Fsp3) is 0.333. The van der Waals surface area contributed by atoms with Crippen LogP contribution in [0, 0.1) is 6.92 Å². The van der Waals surface area contributed by atoms with E-state index in [1.165, 1.54) is 46.4 Å². The van der Waals surface area contributed by atoms with Gasteiger partial charge in [-0.1, -0.05) is 68.4 Å². The second-order valence-corrected chi connectivity index (χ2v) is 11.9. The predicted molar refractivity (Wildman–Crippen MR) is 172 cm³/mol. The Labute approximate surface area is 264 Å². The van der Waals surface area contributed by atoms with Gasteiger partial charge in [0.1, 0.15) is 12.1 Å². The Bertz CT molecular complexity index is 1640. The van der Waals surface area contributed by atoms with Crippen LogP contribution in [-0.4, -0.2) is 51.2 Å². The van der Waals surface area contributed by atoms with Gasteiger partial charge in [0.2, 0.25) is 0 Å². The zero-order valence-corrected chi connectivity index (χ0v) is 26.2. The third kappa shape index (κ3) is 8.44. The number of carbonyl (C=O) groups is 1. The van der Waals surface area contributed by atoms with Crippen molar-refractivity contribution in [3.05, 3.63) is 89.7 Å². The molecule has 236 valence electrons. The van der Waals surface area contributed by atoms with Crippen LogP contribution >= 0.6 is 11.8 Å². The monoisotopic (exact) mass is 636 g/mol. The second-order valence-electron chi connectivity index (χ2n) is 10.9. The third-order valence-electron chi connectivity index (χ3n) is 7.44. The molecule has 4 aromatic rings. The van der Waals surface area contributed by atoms with Gasteiger partial charge in [-0.05, 0) is 72.7 Å². The number of hydrogen-bond donors (Lipinski definition) is 1. The van der Waals surface area contributed by atoms with E-state index < -0.39 is 6.36 Å². The average Bonchev–Trinajstić information content (AvgIpc) is 3.68. The van der Waals surface area contributed by atoms with Gasteiger partial charge in [0, 0.05) is 30.1 Å². The highest BCUT2D eigenvalue weighted by Gasteiger charge is 2.31. The van der Waals surface area contributed by atoms with Crippen molar-refractivity contribution in [2.24, 2.45) is 4.99 Å². The molecule has 1 unspecified atom stereocenters. The molecule has 0 saturated carbocycles. The maximum Gasteiger partial charge on any atom is 0.573 e. The van der Waals surface area contributed by atoms with Crippen LogP contribution in [0.3, 0.4) is 0 Å². The SMILES string of the molecule is CCCc1ccc(C)cc1N1CCS/C1=N\C(=O)NCCC(C)c1ccc(-c2ncn(-c3ccc(OC(F)(F)F)cc3)n2)cc1. The molecule has 1 saturated heterocycles. The molecule has 1 N–H and O–H groups in total. The van der Waals surface area contributed by atoms with E-state index in [1.807, 2.05) is 24.3 Å². The summed E-state index contributed by atoms with van der Waals surface area (Å²) in [7, 11) is 0. The Morgan fingerprint density at radius 3 is 2.58 bits per heavy atom. The van der Waals surface area contributed by atoms with Gasteiger partial charge in [0.15, 0.2) is 11.0 Å². The Morgan fingerprint density at radius 1 is 1.11 bits per heavy atom. The fourth-order valence-corrected chi connectivity index (χ4v) is 6.04. The number of alkyl halides is 3. The molecule has 0 aliphatic carbocycles. The van der Waals surface area contributed by atoms with E-state index >= 15 is 0 Å². The minimum atomic E-state index is -4.74. The number of urea groups is 1. The van der Waals surface area contributed by atoms with Gasteiger partial charge in [-0.15, -0.1) is 18.3 Å². The van der Waals surface area contributed by atoms with Crippen LogP contribution in [-0.2, 0) is 6.42 Å². The van der Waals surface area contributed by atoms with Crippen LogP contribution in [0.1, 0.15) is 49.3 Å². The number of anilines is 1. The Kier molecular flexibility index (Phi) is 10.1.